The van der Waals surface area contributed by atoms with Crippen LogP contribution in [0.5, 0.6) is 0 Å². The van der Waals surface area contributed by atoms with Gasteiger partial charge in [-0.15, -0.1) is 0 Å². The van der Waals surface area contributed by atoms with Crippen molar-refractivity contribution >= 4 is 6.09 Å². The van der Waals surface area contributed by atoms with Crippen molar-refractivity contribution in [2.24, 2.45) is 0 Å². The lowest BCUT2D eigenvalue weighted by Gasteiger charge is -2.05. The molecule has 62 valence electrons. The summed E-state index contributed by atoms with van der Waals surface area (Å²) in [7, 11) is 0. The summed E-state index contributed by atoms with van der Waals surface area (Å²) in [5, 5.41) is 17.6. The van der Waals surface area contributed by atoms with Crippen LogP contribution in [-0.2, 0) is 0 Å². The van der Waals surface area contributed by atoms with E-state index in [9.17, 15) is 4.79 Å². The Balaban J connectivity index is 2.61. The second-order valence-corrected chi connectivity index (χ2v) is 2.61. The highest BCUT2D eigenvalue weighted by molar-refractivity contribution is 5.67. The smallest absolute Gasteiger partial charge is 0.411 e. The van der Waals surface area contributed by atoms with Crippen LogP contribution in [0.3, 0.4) is 0 Å². The molecule has 2 N–H and O–H groups in total. The lowest BCUT2D eigenvalue weighted by molar-refractivity contribution is 0.166. The van der Waals surface area contributed by atoms with Crippen molar-refractivity contribution in [2.45, 2.75) is 19.4 Å². The van der Waals surface area contributed by atoms with Gasteiger partial charge in [-0.1, -0.05) is 0 Å². The van der Waals surface area contributed by atoms with Gasteiger partial charge in [-0.2, -0.15) is 0 Å². The van der Waals surface area contributed by atoms with E-state index in [0.717, 1.165) is 5.57 Å². The van der Waals surface area contributed by atoms with E-state index >= 15 is 0 Å². The molecular formula is C7H11NO3. The Bertz CT molecular complexity index is 198. The molecule has 0 bridgehead atoms. The van der Waals surface area contributed by atoms with Crippen LogP contribution in [0.1, 0.15) is 13.3 Å². The third-order valence-electron chi connectivity index (χ3n) is 1.75. The second kappa shape index (κ2) is 2.92. The normalized spacial score (nSPS) is 19.8. The average molecular weight is 157 g/mol. The maximum atomic E-state index is 10.4. The van der Waals surface area contributed by atoms with Crippen molar-refractivity contribution in [1.29, 1.82) is 0 Å². The minimum absolute atomic E-state index is 0.468. The van der Waals surface area contributed by atoms with Crippen LogP contribution in [0.15, 0.2) is 11.8 Å². The predicted octanol–water partition coefficient (Wildman–Crippen LogP) is 0.635. The number of amides is 1. The first-order valence-corrected chi connectivity index (χ1v) is 3.49. The average Bonchev–Trinajstić information content (AvgIpc) is 2.33. The van der Waals surface area contributed by atoms with Gasteiger partial charge in [0.25, 0.3) is 0 Å². The van der Waals surface area contributed by atoms with Crippen LogP contribution >= 0.6 is 0 Å². The maximum absolute atomic E-state index is 10.4. The van der Waals surface area contributed by atoms with E-state index in [1.807, 2.05) is 0 Å². The zero-order valence-electron chi connectivity index (χ0n) is 6.32. The Labute approximate surface area is 64.7 Å². The van der Waals surface area contributed by atoms with E-state index in [2.05, 4.69) is 0 Å². The number of nitrogens with zero attached hydrogens (tertiary/aromatic N) is 1. The summed E-state index contributed by atoms with van der Waals surface area (Å²) in [5.41, 5.74) is 0.785. The molecule has 4 nitrogen and oxygen atoms in total. The van der Waals surface area contributed by atoms with E-state index in [-0.39, 0.29) is 0 Å². The molecule has 1 rings (SSSR count). The van der Waals surface area contributed by atoms with Crippen LogP contribution in [0.25, 0.3) is 0 Å². The minimum Gasteiger partial charge on any atom is -0.465 e. The predicted molar refractivity (Wildman–Crippen MR) is 39.1 cm³/mol. The van der Waals surface area contributed by atoms with E-state index in [1.165, 1.54) is 11.1 Å². The molecule has 1 amide bonds. The number of carbonyl (C=O) groups is 1. The molecule has 1 unspecified atom stereocenters. The van der Waals surface area contributed by atoms with Crippen LogP contribution in [-0.4, -0.2) is 33.9 Å². The van der Waals surface area contributed by atoms with Crippen molar-refractivity contribution in [2.75, 3.05) is 6.54 Å². The monoisotopic (exact) mass is 157 g/mol. The number of hydrogen-bond acceptors (Lipinski definition) is 2. The van der Waals surface area contributed by atoms with Gasteiger partial charge in [0.2, 0.25) is 0 Å². The first-order chi connectivity index (χ1) is 5.11. The van der Waals surface area contributed by atoms with Crippen molar-refractivity contribution in [3.8, 4) is 0 Å². The molecule has 1 aliphatic rings. The summed E-state index contributed by atoms with van der Waals surface area (Å²) in [6.45, 7) is 2.10. The highest BCUT2D eigenvalue weighted by Gasteiger charge is 2.19. The van der Waals surface area contributed by atoms with Crippen LogP contribution in [0.4, 0.5) is 4.79 Å². The first kappa shape index (κ1) is 8.07. The van der Waals surface area contributed by atoms with Crippen molar-refractivity contribution in [3.05, 3.63) is 11.8 Å². The molecule has 0 saturated heterocycles. The molecule has 4 heteroatoms. The number of hydrogen-bond donors (Lipinski definition) is 2. The highest BCUT2D eigenvalue weighted by Crippen LogP contribution is 2.17. The molecule has 0 radical (unpaired) electrons. The van der Waals surface area contributed by atoms with Crippen LogP contribution in [0.2, 0.25) is 0 Å². The van der Waals surface area contributed by atoms with Crippen LogP contribution < -0.4 is 0 Å². The van der Waals surface area contributed by atoms with Gasteiger partial charge in [0.1, 0.15) is 0 Å². The van der Waals surface area contributed by atoms with Crippen molar-refractivity contribution in [3.63, 3.8) is 0 Å². The summed E-state index contributed by atoms with van der Waals surface area (Å²) in [4.78, 5) is 11.6. The quantitative estimate of drug-likeness (QED) is 0.587. The van der Waals surface area contributed by atoms with Gasteiger partial charge >= 0.3 is 6.09 Å². The van der Waals surface area contributed by atoms with Gasteiger partial charge in [0.05, 0.1) is 6.10 Å². The summed E-state index contributed by atoms with van der Waals surface area (Å²) >= 11 is 0. The third kappa shape index (κ3) is 1.71. The molecule has 0 saturated carbocycles. The molecule has 11 heavy (non-hydrogen) atoms. The number of aliphatic hydroxyl groups is 1. The number of carboxylic acid groups (broad SMARTS) is 1. The number of aliphatic hydroxyl groups excluding tert-OH is 1. The molecule has 1 aliphatic heterocycles. The fourth-order valence-corrected chi connectivity index (χ4v) is 1.05. The lowest BCUT2D eigenvalue weighted by Crippen LogP contribution is -2.20. The molecule has 1 atom stereocenters. The Hall–Kier alpha value is -1.03. The largest absolute Gasteiger partial charge is 0.465 e. The fraction of sp³-hybridized carbons (Fsp3) is 0.571. The van der Waals surface area contributed by atoms with Crippen molar-refractivity contribution < 1.29 is 15.0 Å². The van der Waals surface area contributed by atoms with Gasteiger partial charge in [0, 0.05) is 12.7 Å². The zero-order chi connectivity index (χ0) is 8.43. The Kier molecular flexibility index (Phi) is 2.14. The van der Waals surface area contributed by atoms with Crippen LogP contribution in [0, 0.1) is 0 Å². The molecule has 1 heterocycles. The molecule has 0 aromatic heterocycles. The van der Waals surface area contributed by atoms with Gasteiger partial charge in [-0.25, -0.2) is 4.79 Å². The van der Waals surface area contributed by atoms with E-state index in [4.69, 9.17) is 10.2 Å². The summed E-state index contributed by atoms with van der Waals surface area (Å²) in [5.74, 6) is 0. The zero-order valence-corrected chi connectivity index (χ0v) is 6.32. The molecule has 0 aliphatic carbocycles. The SMILES string of the molecule is CC(O)C1=CN(C(=O)O)CC1. The fourth-order valence-electron chi connectivity index (χ4n) is 1.05. The third-order valence-corrected chi connectivity index (χ3v) is 1.75. The summed E-state index contributed by atoms with van der Waals surface area (Å²) in [6, 6.07) is 0. The molecule has 0 aromatic carbocycles. The van der Waals surface area contributed by atoms with E-state index in [1.54, 1.807) is 6.92 Å². The lowest BCUT2D eigenvalue weighted by atomic mass is 10.1. The standard InChI is InChI=1S/C7H11NO3/c1-5(9)6-2-3-8(4-6)7(10)11/h4-5,9H,2-3H2,1H3,(H,10,11). The van der Waals surface area contributed by atoms with Gasteiger partial charge in [-0.05, 0) is 18.9 Å². The van der Waals surface area contributed by atoms with Crippen molar-refractivity contribution in [1.82, 2.24) is 4.90 Å². The van der Waals surface area contributed by atoms with E-state index < -0.39 is 12.2 Å². The second-order valence-electron chi connectivity index (χ2n) is 2.61. The summed E-state index contributed by atoms with van der Waals surface area (Å²) < 4.78 is 0. The molecule has 0 fully saturated rings. The molecule has 0 aromatic rings. The minimum atomic E-state index is -0.958. The topological polar surface area (TPSA) is 60.8 Å². The molecule has 0 spiro atoms. The number of rotatable bonds is 1. The maximum Gasteiger partial charge on any atom is 0.411 e. The Morgan fingerprint density at radius 1 is 1.82 bits per heavy atom. The molecular weight excluding hydrogens is 146 g/mol. The van der Waals surface area contributed by atoms with Gasteiger partial charge in [0.15, 0.2) is 0 Å². The van der Waals surface area contributed by atoms with Gasteiger partial charge < -0.3 is 10.2 Å². The Morgan fingerprint density at radius 2 is 2.45 bits per heavy atom. The first-order valence-electron chi connectivity index (χ1n) is 3.49. The summed E-state index contributed by atoms with van der Waals surface area (Å²) in [6.07, 6.45) is 0.650. The van der Waals surface area contributed by atoms with E-state index in [0.29, 0.717) is 13.0 Å². The van der Waals surface area contributed by atoms with Gasteiger partial charge in [-0.3, -0.25) is 4.90 Å². The highest BCUT2D eigenvalue weighted by atomic mass is 16.4. The Morgan fingerprint density at radius 3 is 2.73 bits per heavy atom.